The number of fused-ring (bicyclic) bond motifs is 1. The predicted molar refractivity (Wildman–Crippen MR) is 88.0 cm³/mol. The molecule has 1 aliphatic carbocycles. The Hall–Kier alpha value is -1.81. The van der Waals surface area contributed by atoms with E-state index in [9.17, 15) is 4.79 Å². The van der Waals surface area contributed by atoms with Crippen LogP contribution in [0, 0.1) is 19.8 Å². The van der Waals surface area contributed by atoms with Gasteiger partial charge in [0.05, 0.1) is 5.92 Å². The van der Waals surface area contributed by atoms with Crippen molar-refractivity contribution in [1.29, 1.82) is 0 Å². The Balaban J connectivity index is 1.60. The second kappa shape index (κ2) is 6.13. The molecule has 3 N–H and O–H groups in total. The van der Waals surface area contributed by atoms with Crippen molar-refractivity contribution < 1.29 is 9.90 Å². The van der Waals surface area contributed by atoms with Gasteiger partial charge >= 0.3 is 5.97 Å². The maximum Gasteiger partial charge on any atom is 0.306 e. The van der Waals surface area contributed by atoms with Crippen molar-refractivity contribution in [1.82, 2.24) is 10.3 Å². The fourth-order valence-electron chi connectivity index (χ4n) is 3.43. The molecule has 4 heteroatoms. The summed E-state index contributed by atoms with van der Waals surface area (Å²) in [5, 5.41) is 13.9. The molecule has 0 spiro atoms. The van der Waals surface area contributed by atoms with Crippen molar-refractivity contribution in [2.45, 2.75) is 52.1 Å². The molecule has 0 atom stereocenters. The Kier molecular flexibility index (Phi) is 4.21. The van der Waals surface area contributed by atoms with Crippen LogP contribution in [0.4, 0.5) is 0 Å². The van der Waals surface area contributed by atoms with Crippen molar-refractivity contribution >= 4 is 16.9 Å². The smallest absolute Gasteiger partial charge is 0.306 e. The molecule has 1 aliphatic rings. The fraction of sp³-hybridized carbons (Fsp3) is 0.500. The van der Waals surface area contributed by atoms with E-state index in [4.69, 9.17) is 5.11 Å². The number of carbonyl (C=O) groups is 1. The molecule has 22 heavy (non-hydrogen) atoms. The van der Waals surface area contributed by atoms with Crippen molar-refractivity contribution in [2.75, 3.05) is 0 Å². The van der Waals surface area contributed by atoms with Crippen LogP contribution in [0.1, 0.15) is 42.5 Å². The van der Waals surface area contributed by atoms with E-state index in [1.165, 1.54) is 27.7 Å². The number of aryl methyl sites for hydroxylation is 2. The van der Waals surface area contributed by atoms with Crippen molar-refractivity contribution in [3.05, 3.63) is 35.0 Å². The molecule has 1 aromatic carbocycles. The number of carboxylic acid groups (broad SMARTS) is 1. The number of carboxylic acids is 1. The number of aliphatic carboxylic acids is 1. The van der Waals surface area contributed by atoms with Gasteiger partial charge in [-0.25, -0.2) is 0 Å². The van der Waals surface area contributed by atoms with Gasteiger partial charge in [0.1, 0.15) is 0 Å². The van der Waals surface area contributed by atoms with Gasteiger partial charge in [-0.1, -0.05) is 6.07 Å². The zero-order chi connectivity index (χ0) is 15.7. The fourth-order valence-corrected chi connectivity index (χ4v) is 3.43. The third kappa shape index (κ3) is 3.02. The summed E-state index contributed by atoms with van der Waals surface area (Å²) >= 11 is 0. The highest BCUT2D eigenvalue weighted by molar-refractivity contribution is 5.84. The molecule has 0 amide bonds. The first-order valence-electron chi connectivity index (χ1n) is 8.08. The number of benzene rings is 1. The molecule has 0 aliphatic heterocycles. The Morgan fingerprint density at radius 2 is 2.00 bits per heavy atom. The average molecular weight is 300 g/mol. The van der Waals surface area contributed by atoms with E-state index in [2.05, 4.69) is 42.3 Å². The molecule has 0 radical (unpaired) electrons. The normalized spacial score (nSPS) is 22.1. The van der Waals surface area contributed by atoms with E-state index in [1.807, 2.05) is 0 Å². The van der Waals surface area contributed by atoms with Gasteiger partial charge in [-0.2, -0.15) is 0 Å². The van der Waals surface area contributed by atoms with Crippen LogP contribution in [0.2, 0.25) is 0 Å². The zero-order valence-corrected chi connectivity index (χ0v) is 13.3. The van der Waals surface area contributed by atoms with Crippen LogP contribution in [-0.2, 0) is 11.3 Å². The van der Waals surface area contributed by atoms with Gasteiger partial charge in [-0.15, -0.1) is 0 Å². The van der Waals surface area contributed by atoms with Crippen molar-refractivity contribution in [3.63, 3.8) is 0 Å². The summed E-state index contributed by atoms with van der Waals surface area (Å²) in [5.41, 5.74) is 5.03. The number of hydrogen-bond donors (Lipinski definition) is 3. The first kappa shape index (κ1) is 15.1. The molecule has 2 aromatic rings. The summed E-state index contributed by atoms with van der Waals surface area (Å²) in [4.78, 5) is 14.4. The maximum atomic E-state index is 11.0. The largest absolute Gasteiger partial charge is 0.481 e. The second-order valence-corrected chi connectivity index (χ2v) is 6.52. The predicted octanol–water partition coefficient (Wildman–Crippen LogP) is 3.52. The standard InChI is InChI=1S/C18H24N2O2/c1-11-12(2)20-17-8-3-13(9-16(11)17)10-19-15-6-4-14(5-7-15)18(21)22/h3,8-9,14-15,19-20H,4-7,10H2,1-2H3,(H,21,22). The maximum absolute atomic E-state index is 11.0. The van der Waals surface area contributed by atoms with Gasteiger partial charge in [0, 0.05) is 29.2 Å². The quantitative estimate of drug-likeness (QED) is 0.809. The van der Waals surface area contributed by atoms with Gasteiger partial charge in [0.15, 0.2) is 0 Å². The molecule has 3 rings (SSSR count). The second-order valence-electron chi connectivity index (χ2n) is 6.52. The third-order valence-corrected chi connectivity index (χ3v) is 5.04. The minimum atomic E-state index is -0.637. The molecule has 0 bridgehead atoms. The lowest BCUT2D eigenvalue weighted by molar-refractivity contribution is -0.142. The van der Waals surface area contributed by atoms with E-state index in [0.29, 0.717) is 6.04 Å². The van der Waals surface area contributed by atoms with Crippen molar-refractivity contribution in [2.24, 2.45) is 5.92 Å². The van der Waals surface area contributed by atoms with E-state index in [-0.39, 0.29) is 5.92 Å². The Morgan fingerprint density at radius 1 is 1.27 bits per heavy atom. The van der Waals surface area contributed by atoms with Crippen LogP contribution < -0.4 is 5.32 Å². The molecule has 1 fully saturated rings. The van der Waals surface area contributed by atoms with Gasteiger partial charge in [-0.05, 0) is 62.8 Å². The van der Waals surface area contributed by atoms with E-state index in [0.717, 1.165) is 32.2 Å². The average Bonchev–Trinajstić information content (AvgIpc) is 2.80. The molecule has 1 heterocycles. The number of aromatic amines is 1. The first-order chi connectivity index (χ1) is 10.5. The van der Waals surface area contributed by atoms with Crippen molar-refractivity contribution in [3.8, 4) is 0 Å². The van der Waals surface area contributed by atoms with Crippen LogP contribution in [0.25, 0.3) is 10.9 Å². The number of nitrogens with one attached hydrogen (secondary N) is 2. The summed E-state index contributed by atoms with van der Waals surface area (Å²) in [6.45, 7) is 5.11. The number of H-pyrrole nitrogens is 1. The first-order valence-corrected chi connectivity index (χ1v) is 8.08. The van der Waals surface area contributed by atoms with Gasteiger partial charge in [0.2, 0.25) is 0 Å². The van der Waals surface area contributed by atoms with E-state index < -0.39 is 5.97 Å². The highest BCUT2D eigenvalue weighted by Crippen LogP contribution is 2.25. The summed E-state index contributed by atoms with van der Waals surface area (Å²) < 4.78 is 0. The Morgan fingerprint density at radius 3 is 2.68 bits per heavy atom. The lowest BCUT2D eigenvalue weighted by Crippen LogP contribution is -2.34. The topological polar surface area (TPSA) is 65.1 Å². The van der Waals surface area contributed by atoms with Crippen LogP contribution in [0.15, 0.2) is 18.2 Å². The number of rotatable bonds is 4. The summed E-state index contributed by atoms with van der Waals surface area (Å²) in [5.74, 6) is -0.776. The third-order valence-electron chi connectivity index (χ3n) is 5.04. The molecule has 1 aromatic heterocycles. The lowest BCUT2D eigenvalue weighted by atomic mass is 9.86. The number of hydrogen-bond acceptors (Lipinski definition) is 2. The summed E-state index contributed by atoms with van der Waals surface area (Å²) in [6, 6.07) is 7.01. The van der Waals surface area contributed by atoms with Gasteiger partial charge in [-0.3, -0.25) is 4.79 Å². The highest BCUT2D eigenvalue weighted by Gasteiger charge is 2.25. The molecule has 118 valence electrons. The summed E-state index contributed by atoms with van der Waals surface area (Å²) in [7, 11) is 0. The Bertz CT molecular complexity index is 682. The molecule has 1 saturated carbocycles. The SMILES string of the molecule is Cc1[nH]c2ccc(CNC3CCC(C(=O)O)CC3)cc2c1C. The van der Waals surface area contributed by atoms with Gasteiger partial charge < -0.3 is 15.4 Å². The monoisotopic (exact) mass is 300 g/mol. The molecular formula is C18H24N2O2. The lowest BCUT2D eigenvalue weighted by Gasteiger charge is -2.27. The minimum Gasteiger partial charge on any atom is -0.481 e. The Labute approximate surface area is 130 Å². The zero-order valence-electron chi connectivity index (χ0n) is 13.3. The van der Waals surface area contributed by atoms with Crippen LogP contribution in [0.5, 0.6) is 0 Å². The molecule has 0 unspecified atom stereocenters. The van der Waals surface area contributed by atoms with Crippen LogP contribution in [-0.4, -0.2) is 22.1 Å². The van der Waals surface area contributed by atoms with Crippen LogP contribution >= 0.6 is 0 Å². The summed E-state index contributed by atoms with van der Waals surface area (Å²) in [6.07, 6.45) is 3.51. The van der Waals surface area contributed by atoms with Gasteiger partial charge in [0.25, 0.3) is 0 Å². The molecule has 0 saturated heterocycles. The van der Waals surface area contributed by atoms with Crippen LogP contribution in [0.3, 0.4) is 0 Å². The molecule has 4 nitrogen and oxygen atoms in total. The van der Waals surface area contributed by atoms with E-state index in [1.54, 1.807) is 0 Å². The minimum absolute atomic E-state index is 0.139. The number of aromatic nitrogens is 1. The van der Waals surface area contributed by atoms with E-state index >= 15 is 0 Å². The highest BCUT2D eigenvalue weighted by atomic mass is 16.4. The molecular weight excluding hydrogens is 276 g/mol.